The highest BCUT2D eigenvalue weighted by atomic mass is 32.2. The number of oxazole rings is 1. The van der Waals surface area contributed by atoms with Gasteiger partial charge in [-0.25, -0.2) is 9.97 Å². The smallest absolute Gasteiger partial charge is 0.263 e. The van der Waals surface area contributed by atoms with Crippen molar-refractivity contribution in [1.82, 2.24) is 9.97 Å². The fourth-order valence-corrected chi connectivity index (χ4v) is 2.74. The average molecular weight is 271 g/mol. The molecule has 5 heteroatoms. The molecule has 0 aliphatic heterocycles. The van der Waals surface area contributed by atoms with Crippen LogP contribution in [0.1, 0.15) is 18.5 Å². The van der Waals surface area contributed by atoms with Gasteiger partial charge in [-0.2, -0.15) is 0 Å². The average Bonchev–Trinajstić information content (AvgIpc) is 2.81. The van der Waals surface area contributed by atoms with Gasteiger partial charge in [-0.05, 0) is 36.9 Å². The van der Waals surface area contributed by atoms with Gasteiger partial charge in [0.15, 0.2) is 5.58 Å². The van der Waals surface area contributed by atoms with Crippen LogP contribution in [0.3, 0.4) is 0 Å². The second kappa shape index (κ2) is 5.03. The third-order valence-corrected chi connectivity index (χ3v) is 3.63. The molecule has 0 bridgehead atoms. The van der Waals surface area contributed by atoms with Crippen LogP contribution in [0.2, 0.25) is 0 Å². The zero-order valence-electron chi connectivity index (χ0n) is 10.4. The summed E-state index contributed by atoms with van der Waals surface area (Å²) in [5, 5.41) is 1.42. The molecule has 3 rings (SSSR count). The van der Waals surface area contributed by atoms with Crippen molar-refractivity contribution >= 4 is 22.9 Å². The summed E-state index contributed by atoms with van der Waals surface area (Å²) in [6, 6.07) is 11.5. The molecule has 2 heterocycles. The van der Waals surface area contributed by atoms with Crippen LogP contribution in [0.4, 0.5) is 0 Å². The number of benzene rings is 1. The zero-order chi connectivity index (χ0) is 13.2. The molecule has 96 valence electrons. The van der Waals surface area contributed by atoms with Crippen molar-refractivity contribution < 1.29 is 4.42 Å². The Morgan fingerprint density at radius 2 is 2.05 bits per heavy atom. The molecule has 0 radical (unpaired) electrons. The number of rotatable bonds is 3. The lowest BCUT2D eigenvalue weighted by Crippen LogP contribution is -2.07. The molecule has 2 N–H and O–H groups in total. The summed E-state index contributed by atoms with van der Waals surface area (Å²) in [6.45, 7) is 1.94. The number of hydrogen-bond acceptors (Lipinski definition) is 5. The first-order valence-corrected chi connectivity index (χ1v) is 6.79. The lowest BCUT2D eigenvalue weighted by atomic mass is 10.2. The van der Waals surface area contributed by atoms with E-state index in [1.54, 1.807) is 6.20 Å². The van der Waals surface area contributed by atoms with Crippen LogP contribution in [0.5, 0.6) is 0 Å². The van der Waals surface area contributed by atoms with Crippen molar-refractivity contribution in [2.24, 2.45) is 5.73 Å². The van der Waals surface area contributed by atoms with E-state index in [0.29, 0.717) is 5.22 Å². The lowest BCUT2D eigenvalue weighted by molar-refractivity contribution is 0.489. The fraction of sp³-hybridized carbons (Fsp3) is 0.143. The summed E-state index contributed by atoms with van der Waals surface area (Å²) in [5.74, 6) is 0. The molecule has 3 aromatic rings. The van der Waals surface area contributed by atoms with E-state index in [9.17, 15) is 0 Å². The Morgan fingerprint density at radius 3 is 2.84 bits per heavy atom. The van der Waals surface area contributed by atoms with Gasteiger partial charge in [-0.1, -0.05) is 18.2 Å². The van der Waals surface area contributed by atoms with Crippen molar-refractivity contribution in [3.8, 4) is 0 Å². The molecular weight excluding hydrogens is 258 g/mol. The molecule has 0 aliphatic carbocycles. The first-order valence-electron chi connectivity index (χ1n) is 5.98. The van der Waals surface area contributed by atoms with Crippen molar-refractivity contribution in [2.75, 3.05) is 0 Å². The Hall–Kier alpha value is -1.85. The SMILES string of the molecule is C[C@H](N)c1cccnc1Sc1nc2ccccc2o1. The second-order valence-electron chi connectivity index (χ2n) is 4.24. The molecule has 0 saturated heterocycles. The maximum Gasteiger partial charge on any atom is 0.263 e. The minimum atomic E-state index is -0.0689. The van der Waals surface area contributed by atoms with Gasteiger partial charge in [0.05, 0.1) is 0 Å². The van der Waals surface area contributed by atoms with Crippen LogP contribution in [0.25, 0.3) is 11.1 Å². The minimum Gasteiger partial charge on any atom is -0.431 e. The monoisotopic (exact) mass is 271 g/mol. The summed E-state index contributed by atoms with van der Waals surface area (Å²) < 4.78 is 5.68. The van der Waals surface area contributed by atoms with Crippen LogP contribution in [0, 0.1) is 0 Å². The summed E-state index contributed by atoms with van der Waals surface area (Å²) >= 11 is 1.40. The second-order valence-corrected chi connectivity index (χ2v) is 5.18. The van der Waals surface area contributed by atoms with Gasteiger partial charge in [0, 0.05) is 17.8 Å². The highest BCUT2D eigenvalue weighted by Gasteiger charge is 2.13. The number of pyridine rings is 1. The van der Waals surface area contributed by atoms with E-state index < -0.39 is 0 Å². The Labute approximate surface area is 115 Å². The number of aromatic nitrogens is 2. The number of fused-ring (bicyclic) bond motifs is 1. The van der Waals surface area contributed by atoms with E-state index in [4.69, 9.17) is 10.2 Å². The number of nitrogens with zero attached hydrogens (tertiary/aromatic N) is 2. The van der Waals surface area contributed by atoms with Gasteiger partial charge in [0.25, 0.3) is 5.22 Å². The number of nitrogens with two attached hydrogens (primary N) is 1. The number of hydrogen-bond donors (Lipinski definition) is 1. The molecule has 0 spiro atoms. The standard InChI is InChI=1S/C14H13N3OS/c1-9(15)10-5-4-8-16-13(10)19-14-17-11-6-2-3-7-12(11)18-14/h2-9H,15H2,1H3/t9-/m0/s1. The zero-order valence-corrected chi connectivity index (χ0v) is 11.2. The van der Waals surface area contributed by atoms with Crippen LogP contribution in [-0.2, 0) is 0 Å². The maximum absolute atomic E-state index is 5.94. The molecule has 0 amide bonds. The first-order chi connectivity index (χ1) is 9.24. The van der Waals surface area contributed by atoms with Gasteiger partial charge >= 0.3 is 0 Å². The van der Waals surface area contributed by atoms with E-state index in [2.05, 4.69) is 9.97 Å². The molecule has 0 saturated carbocycles. The van der Waals surface area contributed by atoms with E-state index in [1.807, 2.05) is 43.3 Å². The Bertz CT molecular complexity index is 675. The van der Waals surface area contributed by atoms with Gasteiger partial charge in [-0.3, -0.25) is 0 Å². The molecule has 2 aromatic heterocycles. The molecule has 0 unspecified atom stereocenters. The molecule has 0 aliphatic rings. The van der Waals surface area contributed by atoms with E-state index >= 15 is 0 Å². The molecule has 1 aromatic carbocycles. The Balaban J connectivity index is 1.97. The van der Waals surface area contributed by atoms with E-state index in [0.717, 1.165) is 21.7 Å². The van der Waals surface area contributed by atoms with Crippen LogP contribution >= 0.6 is 11.8 Å². The molecule has 1 atom stereocenters. The van der Waals surface area contributed by atoms with Crippen molar-refractivity contribution in [3.05, 3.63) is 48.2 Å². The Kier molecular flexibility index (Phi) is 3.23. The first kappa shape index (κ1) is 12.2. The topological polar surface area (TPSA) is 64.9 Å². The largest absolute Gasteiger partial charge is 0.431 e. The third kappa shape index (κ3) is 2.47. The molecular formula is C14H13N3OS. The molecule has 0 fully saturated rings. The summed E-state index contributed by atoms with van der Waals surface area (Å²) in [6.07, 6.45) is 1.75. The summed E-state index contributed by atoms with van der Waals surface area (Å²) in [5.41, 5.74) is 8.57. The fourth-order valence-electron chi connectivity index (χ4n) is 1.81. The van der Waals surface area contributed by atoms with Crippen LogP contribution in [-0.4, -0.2) is 9.97 Å². The quantitative estimate of drug-likeness (QED) is 0.791. The lowest BCUT2D eigenvalue weighted by Gasteiger charge is -2.08. The summed E-state index contributed by atoms with van der Waals surface area (Å²) in [4.78, 5) is 8.77. The highest BCUT2D eigenvalue weighted by molar-refractivity contribution is 7.99. The van der Waals surface area contributed by atoms with Gasteiger partial charge in [0.1, 0.15) is 10.5 Å². The normalized spacial score (nSPS) is 12.7. The minimum absolute atomic E-state index is 0.0689. The van der Waals surface area contributed by atoms with Crippen molar-refractivity contribution in [2.45, 2.75) is 23.2 Å². The highest BCUT2D eigenvalue weighted by Crippen LogP contribution is 2.32. The summed E-state index contributed by atoms with van der Waals surface area (Å²) in [7, 11) is 0. The Morgan fingerprint density at radius 1 is 1.21 bits per heavy atom. The van der Waals surface area contributed by atoms with E-state index in [1.165, 1.54) is 11.8 Å². The van der Waals surface area contributed by atoms with Crippen LogP contribution in [0.15, 0.2) is 57.3 Å². The van der Waals surface area contributed by atoms with Crippen LogP contribution < -0.4 is 5.73 Å². The predicted octanol–water partition coefficient (Wildman–Crippen LogP) is 3.39. The van der Waals surface area contributed by atoms with Gasteiger partial charge in [0.2, 0.25) is 0 Å². The molecule has 4 nitrogen and oxygen atoms in total. The van der Waals surface area contributed by atoms with E-state index in [-0.39, 0.29) is 6.04 Å². The third-order valence-electron chi connectivity index (χ3n) is 2.75. The predicted molar refractivity (Wildman–Crippen MR) is 75.0 cm³/mol. The van der Waals surface area contributed by atoms with Gasteiger partial charge < -0.3 is 10.2 Å². The van der Waals surface area contributed by atoms with Gasteiger partial charge in [-0.15, -0.1) is 0 Å². The maximum atomic E-state index is 5.94. The van der Waals surface area contributed by atoms with Crippen molar-refractivity contribution in [3.63, 3.8) is 0 Å². The molecule has 19 heavy (non-hydrogen) atoms. The number of para-hydroxylation sites is 2. The van der Waals surface area contributed by atoms with Crippen molar-refractivity contribution in [1.29, 1.82) is 0 Å².